The Labute approximate surface area is 125 Å². The van der Waals surface area contributed by atoms with E-state index in [4.69, 9.17) is 5.26 Å². The fourth-order valence-electron chi connectivity index (χ4n) is 1.58. The maximum absolute atomic E-state index is 12.2. The van der Waals surface area contributed by atoms with Crippen LogP contribution in [-0.4, -0.2) is 27.4 Å². The summed E-state index contributed by atoms with van der Waals surface area (Å²) in [5, 5.41) is 11.5. The Hall–Kier alpha value is -1.91. The van der Waals surface area contributed by atoms with Crippen molar-refractivity contribution in [2.45, 2.75) is 25.7 Å². The average Bonchev–Trinajstić information content (AvgIpc) is 2.43. The van der Waals surface area contributed by atoms with Crippen molar-refractivity contribution in [2.75, 3.05) is 13.1 Å². The predicted octanol–water partition coefficient (Wildman–Crippen LogP) is 0.917. The van der Waals surface area contributed by atoms with Gasteiger partial charge in [0.25, 0.3) is 0 Å². The van der Waals surface area contributed by atoms with Crippen LogP contribution in [0.4, 0.5) is 0 Å². The Balaban J connectivity index is 2.79. The zero-order valence-electron chi connectivity index (χ0n) is 12.3. The van der Waals surface area contributed by atoms with Crippen molar-refractivity contribution >= 4 is 15.9 Å². The highest BCUT2D eigenvalue weighted by Crippen LogP contribution is 2.16. The number of hydrogen-bond acceptors (Lipinski definition) is 4. The number of nitrogens with zero attached hydrogens (tertiary/aromatic N) is 1. The van der Waals surface area contributed by atoms with Gasteiger partial charge in [-0.1, -0.05) is 19.9 Å². The number of hydrogen-bond donors (Lipinski definition) is 2. The number of rotatable bonds is 6. The van der Waals surface area contributed by atoms with Gasteiger partial charge in [0, 0.05) is 6.54 Å². The van der Waals surface area contributed by atoms with Gasteiger partial charge in [0.05, 0.1) is 23.1 Å². The second-order valence-corrected chi connectivity index (χ2v) is 6.85. The third-order valence-electron chi connectivity index (χ3n) is 2.74. The van der Waals surface area contributed by atoms with Crippen molar-refractivity contribution in [3.63, 3.8) is 0 Å². The van der Waals surface area contributed by atoms with Crippen LogP contribution in [0.15, 0.2) is 23.1 Å². The molecule has 0 heterocycles. The standard InChI is InChI=1S/C14H19N3O3S/c1-10(2)8-16-14(18)9-17-21(19,20)13-6-12(7-15)5-4-11(13)3/h4-6,10,17H,8-9H2,1-3H3,(H,16,18). The summed E-state index contributed by atoms with van der Waals surface area (Å²) in [4.78, 5) is 11.6. The minimum Gasteiger partial charge on any atom is -0.355 e. The zero-order chi connectivity index (χ0) is 16.0. The smallest absolute Gasteiger partial charge is 0.241 e. The molecule has 0 aliphatic heterocycles. The minimum absolute atomic E-state index is 0.0122. The van der Waals surface area contributed by atoms with Gasteiger partial charge in [-0.15, -0.1) is 0 Å². The molecule has 0 atom stereocenters. The first-order chi connectivity index (χ1) is 9.76. The molecular formula is C14H19N3O3S. The Morgan fingerprint density at radius 1 is 1.38 bits per heavy atom. The van der Waals surface area contributed by atoms with E-state index in [1.807, 2.05) is 19.9 Å². The molecule has 7 heteroatoms. The molecule has 1 aromatic rings. The van der Waals surface area contributed by atoms with Crippen LogP contribution in [0.3, 0.4) is 0 Å². The lowest BCUT2D eigenvalue weighted by Crippen LogP contribution is -2.38. The molecule has 0 fully saturated rings. The lowest BCUT2D eigenvalue weighted by Gasteiger charge is -2.11. The van der Waals surface area contributed by atoms with E-state index in [2.05, 4.69) is 10.0 Å². The number of aryl methyl sites for hydroxylation is 1. The largest absolute Gasteiger partial charge is 0.355 e. The molecule has 0 radical (unpaired) electrons. The van der Waals surface area contributed by atoms with Gasteiger partial charge in [0.2, 0.25) is 15.9 Å². The van der Waals surface area contributed by atoms with Gasteiger partial charge in [-0.2, -0.15) is 5.26 Å². The molecule has 1 amide bonds. The first-order valence-corrected chi connectivity index (χ1v) is 8.01. The van der Waals surface area contributed by atoms with E-state index in [0.29, 0.717) is 18.0 Å². The Bertz CT molecular complexity index is 661. The minimum atomic E-state index is -3.82. The second-order valence-electron chi connectivity index (χ2n) is 5.11. The molecule has 1 rings (SSSR count). The van der Waals surface area contributed by atoms with E-state index in [-0.39, 0.29) is 22.9 Å². The fourth-order valence-corrected chi connectivity index (χ4v) is 2.83. The molecule has 21 heavy (non-hydrogen) atoms. The lowest BCUT2D eigenvalue weighted by atomic mass is 10.2. The number of amides is 1. The maximum atomic E-state index is 12.2. The van der Waals surface area contributed by atoms with Crippen LogP contribution in [0.1, 0.15) is 25.0 Å². The Kier molecular flexibility index (Phi) is 5.88. The third-order valence-corrected chi connectivity index (χ3v) is 4.28. The number of carbonyl (C=O) groups excluding carboxylic acids is 1. The Morgan fingerprint density at radius 2 is 2.05 bits per heavy atom. The quantitative estimate of drug-likeness (QED) is 0.816. The van der Waals surface area contributed by atoms with E-state index in [1.54, 1.807) is 19.1 Å². The van der Waals surface area contributed by atoms with Crippen molar-refractivity contribution in [1.82, 2.24) is 10.0 Å². The third kappa shape index (κ3) is 5.17. The summed E-state index contributed by atoms with van der Waals surface area (Å²) in [5.74, 6) is -0.0959. The van der Waals surface area contributed by atoms with Crippen molar-refractivity contribution in [3.05, 3.63) is 29.3 Å². The van der Waals surface area contributed by atoms with Crippen molar-refractivity contribution < 1.29 is 13.2 Å². The second kappa shape index (κ2) is 7.20. The average molecular weight is 309 g/mol. The molecule has 0 aliphatic carbocycles. The van der Waals surface area contributed by atoms with Crippen LogP contribution in [0.25, 0.3) is 0 Å². The topological polar surface area (TPSA) is 99.1 Å². The summed E-state index contributed by atoms with van der Waals surface area (Å²) in [7, 11) is -3.82. The number of sulfonamides is 1. The van der Waals surface area contributed by atoms with Gasteiger partial charge in [-0.25, -0.2) is 13.1 Å². The highest BCUT2D eigenvalue weighted by Gasteiger charge is 2.18. The molecule has 6 nitrogen and oxygen atoms in total. The van der Waals surface area contributed by atoms with E-state index in [0.717, 1.165) is 0 Å². The molecule has 0 saturated carbocycles. The normalized spacial score (nSPS) is 11.2. The van der Waals surface area contributed by atoms with E-state index >= 15 is 0 Å². The molecule has 2 N–H and O–H groups in total. The monoisotopic (exact) mass is 309 g/mol. The zero-order valence-corrected chi connectivity index (χ0v) is 13.1. The van der Waals surface area contributed by atoms with Gasteiger partial charge in [-0.05, 0) is 30.5 Å². The van der Waals surface area contributed by atoms with Crippen LogP contribution in [0, 0.1) is 24.2 Å². The van der Waals surface area contributed by atoms with Crippen LogP contribution in [0.5, 0.6) is 0 Å². The summed E-state index contributed by atoms with van der Waals surface area (Å²) in [6, 6.07) is 6.29. The first-order valence-electron chi connectivity index (χ1n) is 6.53. The van der Waals surface area contributed by atoms with E-state index in [1.165, 1.54) is 6.07 Å². The van der Waals surface area contributed by atoms with Crippen LogP contribution in [0.2, 0.25) is 0 Å². The number of nitriles is 1. The van der Waals surface area contributed by atoms with Crippen LogP contribution >= 0.6 is 0 Å². The molecule has 1 aromatic carbocycles. The Morgan fingerprint density at radius 3 is 2.62 bits per heavy atom. The van der Waals surface area contributed by atoms with Gasteiger partial charge in [0.1, 0.15) is 0 Å². The fraction of sp³-hybridized carbons (Fsp3) is 0.429. The van der Waals surface area contributed by atoms with E-state index < -0.39 is 10.0 Å². The molecule has 0 saturated heterocycles. The summed E-state index contributed by atoms with van der Waals surface area (Å²) < 4.78 is 26.6. The first kappa shape index (κ1) is 17.1. The molecule has 0 bridgehead atoms. The maximum Gasteiger partial charge on any atom is 0.241 e. The van der Waals surface area contributed by atoms with Gasteiger partial charge >= 0.3 is 0 Å². The molecule has 0 aliphatic rings. The molecule has 0 aromatic heterocycles. The van der Waals surface area contributed by atoms with E-state index in [9.17, 15) is 13.2 Å². The molecule has 0 spiro atoms. The SMILES string of the molecule is Cc1ccc(C#N)cc1S(=O)(=O)NCC(=O)NCC(C)C. The van der Waals surface area contributed by atoms with Crippen molar-refractivity contribution in [2.24, 2.45) is 5.92 Å². The summed E-state index contributed by atoms with van der Waals surface area (Å²) in [5.41, 5.74) is 0.773. The summed E-state index contributed by atoms with van der Waals surface area (Å²) in [6.45, 7) is 5.69. The number of carbonyl (C=O) groups is 1. The lowest BCUT2D eigenvalue weighted by molar-refractivity contribution is -0.120. The van der Waals surface area contributed by atoms with Crippen LogP contribution < -0.4 is 10.0 Å². The van der Waals surface area contributed by atoms with Crippen molar-refractivity contribution in [1.29, 1.82) is 5.26 Å². The van der Waals surface area contributed by atoms with Gasteiger partial charge < -0.3 is 5.32 Å². The molecule has 114 valence electrons. The predicted molar refractivity (Wildman–Crippen MR) is 78.9 cm³/mol. The summed E-state index contributed by atoms with van der Waals surface area (Å²) in [6.07, 6.45) is 0. The highest BCUT2D eigenvalue weighted by molar-refractivity contribution is 7.89. The highest BCUT2D eigenvalue weighted by atomic mass is 32.2. The summed E-state index contributed by atoms with van der Waals surface area (Å²) >= 11 is 0. The molecule has 0 unspecified atom stereocenters. The van der Waals surface area contributed by atoms with Crippen LogP contribution in [-0.2, 0) is 14.8 Å². The molecular weight excluding hydrogens is 290 g/mol. The van der Waals surface area contributed by atoms with Crippen molar-refractivity contribution in [3.8, 4) is 6.07 Å². The number of nitrogens with one attached hydrogen (secondary N) is 2. The van der Waals surface area contributed by atoms with Gasteiger partial charge in [0.15, 0.2) is 0 Å². The number of benzene rings is 1. The van der Waals surface area contributed by atoms with Gasteiger partial charge in [-0.3, -0.25) is 4.79 Å².